The van der Waals surface area contributed by atoms with Crippen LogP contribution < -0.4 is 5.32 Å². The van der Waals surface area contributed by atoms with E-state index < -0.39 is 0 Å². The minimum absolute atomic E-state index is 0.531. The zero-order valence-electron chi connectivity index (χ0n) is 10.4. The van der Waals surface area contributed by atoms with Crippen LogP contribution in [0.5, 0.6) is 0 Å². The molecule has 0 aliphatic rings. The Balaban J connectivity index is 2.89. The van der Waals surface area contributed by atoms with Crippen molar-refractivity contribution in [1.29, 1.82) is 0 Å². The van der Waals surface area contributed by atoms with Crippen molar-refractivity contribution >= 4 is 0 Å². The van der Waals surface area contributed by atoms with Gasteiger partial charge in [-0.15, -0.1) is 0 Å². The average molecular weight is 245 g/mol. The fraction of sp³-hybridized carbons (Fsp3) is 0.667. The van der Waals surface area contributed by atoms with E-state index in [1.807, 2.05) is 0 Å². The maximum absolute atomic E-state index is 5.30. The van der Waals surface area contributed by atoms with E-state index in [9.17, 15) is 0 Å². The average Bonchev–Trinajstić information content (AvgIpc) is 2.35. The van der Waals surface area contributed by atoms with Crippen molar-refractivity contribution in [3.05, 3.63) is 25.6 Å². The second kappa shape index (κ2) is 15.0. The molecule has 0 radical (unpaired) electrons. The van der Waals surface area contributed by atoms with Crippen molar-refractivity contribution < 1.29 is 18.9 Å². The van der Waals surface area contributed by atoms with Crippen LogP contribution >= 0.6 is 0 Å². The number of hydrogen-bond acceptors (Lipinski definition) is 5. The molecule has 0 bridgehead atoms. The van der Waals surface area contributed by atoms with Gasteiger partial charge in [-0.05, 0) is 6.20 Å². The van der Waals surface area contributed by atoms with Crippen LogP contribution in [-0.2, 0) is 18.9 Å². The number of hydrogen-bond donors (Lipinski definition) is 1. The lowest BCUT2D eigenvalue weighted by atomic mass is 10.6. The van der Waals surface area contributed by atoms with Crippen molar-refractivity contribution in [3.8, 4) is 0 Å². The third kappa shape index (κ3) is 15.0. The van der Waals surface area contributed by atoms with Crippen molar-refractivity contribution in [2.75, 3.05) is 52.8 Å². The largest absolute Gasteiger partial charge is 0.499 e. The summed E-state index contributed by atoms with van der Waals surface area (Å²) in [6.45, 7) is 11.8. The van der Waals surface area contributed by atoms with Gasteiger partial charge in [0.1, 0.15) is 6.61 Å². The zero-order valence-corrected chi connectivity index (χ0v) is 10.4. The predicted molar refractivity (Wildman–Crippen MR) is 66.8 cm³/mol. The van der Waals surface area contributed by atoms with E-state index in [0.29, 0.717) is 46.2 Å². The van der Waals surface area contributed by atoms with Crippen molar-refractivity contribution in [2.24, 2.45) is 0 Å². The minimum Gasteiger partial charge on any atom is -0.499 e. The van der Waals surface area contributed by atoms with Crippen LogP contribution in [0.15, 0.2) is 25.6 Å². The topological polar surface area (TPSA) is 49.0 Å². The highest BCUT2D eigenvalue weighted by Gasteiger charge is 1.91. The van der Waals surface area contributed by atoms with Gasteiger partial charge in [-0.2, -0.15) is 0 Å². The number of rotatable bonds is 14. The van der Waals surface area contributed by atoms with E-state index in [0.717, 1.165) is 6.54 Å². The first kappa shape index (κ1) is 16.0. The summed E-state index contributed by atoms with van der Waals surface area (Å²) in [7, 11) is 0. The fourth-order valence-corrected chi connectivity index (χ4v) is 0.965. The summed E-state index contributed by atoms with van der Waals surface area (Å²) in [6, 6.07) is 0. The van der Waals surface area contributed by atoms with Crippen molar-refractivity contribution in [3.63, 3.8) is 0 Å². The van der Waals surface area contributed by atoms with Gasteiger partial charge < -0.3 is 24.3 Å². The molecule has 0 rings (SSSR count). The quantitative estimate of drug-likeness (QED) is 0.364. The molecular weight excluding hydrogens is 222 g/mol. The van der Waals surface area contributed by atoms with Crippen LogP contribution in [0.25, 0.3) is 0 Å². The monoisotopic (exact) mass is 245 g/mol. The molecule has 100 valence electrons. The summed E-state index contributed by atoms with van der Waals surface area (Å²) in [5, 5.41) is 2.94. The Hall–Kier alpha value is -1.04. The Kier molecular flexibility index (Phi) is 14.0. The fourth-order valence-electron chi connectivity index (χ4n) is 0.965. The van der Waals surface area contributed by atoms with Crippen molar-refractivity contribution in [1.82, 2.24) is 5.32 Å². The van der Waals surface area contributed by atoms with E-state index in [2.05, 4.69) is 18.5 Å². The van der Waals surface area contributed by atoms with Gasteiger partial charge in [0.25, 0.3) is 0 Å². The Morgan fingerprint density at radius 3 is 1.82 bits per heavy atom. The molecule has 0 spiro atoms. The van der Waals surface area contributed by atoms with Crippen LogP contribution in [0, 0.1) is 0 Å². The van der Waals surface area contributed by atoms with Gasteiger partial charge in [0.15, 0.2) is 0 Å². The number of ether oxygens (including phenoxy) is 4. The summed E-state index contributed by atoms with van der Waals surface area (Å²) < 4.78 is 20.7. The molecule has 1 N–H and O–H groups in total. The van der Waals surface area contributed by atoms with Crippen LogP contribution in [-0.4, -0.2) is 52.8 Å². The van der Waals surface area contributed by atoms with E-state index in [1.54, 1.807) is 6.20 Å². The van der Waals surface area contributed by atoms with Gasteiger partial charge in [0, 0.05) is 6.54 Å². The van der Waals surface area contributed by atoms with E-state index in [-0.39, 0.29) is 0 Å². The first-order valence-electron chi connectivity index (χ1n) is 5.72. The molecular formula is C12H23NO4. The van der Waals surface area contributed by atoms with E-state index >= 15 is 0 Å². The highest BCUT2D eigenvalue weighted by Crippen LogP contribution is 1.82. The lowest BCUT2D eigenvalue weighted by molar-refractivity contribution is 0.00729. The van der Waals surface area contributed by atoms with Gasteiger partial charge in [-0.1, -0.05) is 13.2 Å². The van der Waals surface area contributed by atoms with E-state index in [1.165, 1.54) is 6.26 Å². The molecule has 17 heavy (non-hydrogen) atoms. The molecule has 0 aromatic rings. The lowest BCUT2D eigenvalue weighted by Gasteiger charge is -2.06. The first-order valence-corrected chi connectivity index (χ1v) is 5.72. The third-order valence-corrected chi connectivity index (χ3v) is 1.74. The molecule has 0 aromatic heterocycles. The van der Waals surface area contributed by atoms with Crippen LogP contribution in [0.2, 0.25) is 0 Å². The zero-order chi connectivity index (χ0) is 12.6. The molecule has 0 unspecified atom stereocenters. The van der Waals surface area contributed by atoms with Crippen molar-refractivity contribution in [2.45, 2.75) is 0 Å². The maximum atomic E-state index is 5.30. The normalized spacial score (nSPS) is 9.88. The van der Waals surface area contributed by atoms with Crippen LogP contribution in [0.4, 0.5) is 0 Å². The third-order valence-electron chi connectivity index (χ3n) is 1.74. The number of nitrogens with one attached hydrogen (secondary N) is 1. The molecule has 0 aliphatic heterocycles. The molecule has 0 saturated carbocycles. The molecule has 0 atom stereocenters. The molecule has 0 aromatic carbocycles. The summed E-state index contributed by atoms with van der Waals surface area (Å²) in [5.41, 5.74) is 0. The van der Waals surface area contributed by atoms with E-state index in [4.69, 9.17) is 18.9 Å². The highest BCUT2D eigenvalue weighted by molar-refractivity contribution is 4.61. The summed E-state index contributed by atoms with van der Waals surface area (Å²) in [5.74, 6) is 0. The first-order chi connectivity index (χ1) is 8.41. The molecule has 5 heteroatoms. The summed E-state index contributed by atoms with van der Waals surface area (Å²) in [6.07, 6.45) is 3.05. The lowest BCUT2D eigenvalue weighted by Crippen LogP contribution is -2.16. The second-order valence-corrected chi connectivity index (χ2v) is 3.03. The molecule has 0 heterocycles. The van der Waals surface area contributed by atoms with Gasteiger partial charge in [-0.3, -0.25) is 0 Å². The molecule has 0 aliphatic carbocycles. The predicted octanol–water partition coefficient (Wildman–Crippen LogP) is 0.929. The Bertz CT molecular complexity index is 158. The Morgan fingerprint density at radius 1 is 0.765 bits per heavy atom. The van der Waals surface area contributed by atoms with Crippen LogP contribution in [0.3, 0.4) is 0 Å². The molecule has 5 nitrogen and oxygen atoms in total. The SMILES string of the molecule is C=CNCCOCCOCCOCCOC=C. The Labute approximate surface area is 103 Å². The standard InChI is InChI=1S/C12H23NO4/c1-3-13-5-6-15-9-10-17-12-11-16-8-7-14-4-2/h3-4,13H,1-2,5-12H2. The Morgan fingerprint density at radius 2 is 1.29 bits per heavy atom. The second-order valence-electron chi connectivity index (χ2n) is 3.03. The highest BCUT2D eigenvalue weighted by atomic mass is 16.6. The van der Waals surface area contributed by atoms with Gasteiger partial charge >= 0.3 is 0 Å². The smallest absolute Gasteiger partial charge is 0.111 e. The van der Waals surface area contributed by atoms with Gasteiger partial charge in [0.2, 0.25) is 0 Å². The minimum atomic E-state index is 0.531. The molecule has 0 saturated heterocycles. The van der Waals surface area contributed by atoms with Gasteiger partial charge in [0.05, 0.1) is 45.9 Å². The summed E-state index contributed by atoms with van der Waals surface area (Å²) in [4.78, 5) is 0. The molecule has 0 amide bonds. The van der Waals surface area contributed by atoms with Crippen LogP contribution in [0.1, 0.15) is 0 Å². The maximum Gasteiger partial charge on any atom is 0.111 e. The summed E-state index contributed by atoms with van der Waals surface area (Å²) >= 11 is 0. The molecule has 0 fully saturated rings. The van der Waals surface area contributed by atoms with Gasteiger partial charge in [-0.25, -0.2) is 0 Å².